The Balaban J connectivity index is 0.00000264. The van der Waals surface area contributed by atoms with Gasteiger partial charge < -0.3 is 10.5 Å². The van der Waals surface area contributed by atoms with Crippen LogP contribution in [0.15, 0.2) is 23.1 Å². The van der Waals surface area contributed by atoms with E-state index in [-0.39, 0.29) is 35.5 Å². The number of carbonyl (C=O) groups is 1. The smallest absolute Gasteiger partial charge is 0.338 e. The third kappa shape index (κ3) is 4.44. The number of hydrogen-bond acceptors (Lipinski definition) is 5. The molecule has 1 aromatic rings. The Morgan fingerprint density at radius 1 is 1.35 bits per heavy atom. The van der Waals surface area contributed by atoms with E-state index in [4.69, 9.17) is 10.5 Å². The second kappa shape index (κ2) is 8.10. The highest BCUT2D eigenvalue weighted by Crippen LogP contribution is 2.24. The third-order valence-electron chi connectivity index (χ3n) is 3.82. The summed E-state index contributed by atoms with van der Waals surface area (Å²) in [5.74, 6) is -0.514. The van der Waals surface area contributed by atoms with E-state index in [0.29, 0.717) is 31.5 Å². The molecule has 0 aromatic heterocycles. The van der Waals surface area contributed by atoms with Crippen molar-refractivity contribution in [1.82, 2.24) is 4.31 Å². The standard InChI is InChI=1S/C15H22N2O4S.ClH/c1-3-21-15(18)12-5-4-11(2)14(10-12)22(19,20)17-8-6-13(16)7-9-17;/h4-5,10,13H,3,6-9,16H2,1-2H3;1H. The zero-order valence-electron chi connectivity index (χ0n) is 13.3. The Kier molecular flexibility index (Phi) is 7.01. The first-order valence-corrected chi connectivity index (χ1v) is 8.83. The van der Waals surface area contributed by atoms with Crippen molar-refractivity contribution in [1.29, 1.82) is 0 Å². The van der Waals surface area contributed by atoms with Gasteiger partial charge in [-0.15, -0.1) is 12.4 Å². The fourth-order valence-corrected chi connectivity index (χ4v) is 4.20. The number of piperidine rings is 1. The third-order valence-corrected chi connectivity index (χ3v) is 5.86. The summed E-state index contributed by atoms with van der Waals surface area (Å²) < 4.78 is 31.9. The van der Waals surface area contributed by atoms with Gasteiger partial charge in [0, 0.05) is 19.1 Å². The molecule has 2 N–H and O–H groups in total. The predicted octanol–water partition coefficient (Wildman–Crippen LogP) is 1.71. The summed E-state index contributed by atoms with van der Waals surface area (Å²) >= 11 is 0. The van der Waals surface area contributed by atoms with Crippen molar-refractivity contribution in [2.75, 3.05) is 19.7 Å². The lowest BCUT2D eigenvalue weighted by atomic mass is 10.1. The zero-order valence-corrected chi connectivity index (χ0v) is 15.0. The number of ether oxygens (including phenoxy) is 1. The van der Waals surface area contributed by atoms with Crippen LogP contribution in [-0.4, -0.2) is 44.4 Å². The summed E-state index contributed by atoms with van der Waals surface area (Å²) in [4.78, 5) is 12.0. The van der Waals surface area contributed by atoms with Gasteiger partial charge in [0.25, 0.3) is 0 Å². The number of nitrogens with two attached hydrogens (primary N) is 1. The molecule has 1 heterocycles. The fraction of sp³-hybridized carbons (Fsp3) is 0.533. The van der Waals surface area contributed by atoms with Crippen LogP contribution in [0.1, 0.15) is 35.7 Å². The second-order valence-electron chi connectivity index (χ2n) is 5.44. The van der Waals surface area contributed by atoms with Gasteiger partial charge in [-0.2, -0.15) is 4.31 Å². The van der Waals surface area contributed by atoms with Crippen LogP contribution in [0.25, 0.3) is 0 Å². The van der Waals surface area contributed by atoms with Gasteiger partial charge in [0.05, 0.1) is 17.1 Å². The number of sulfonamides is 1. The maximum absolute atomic E-state index is 12.8. The molecule has 1 aliphatic rings. The minimum absolute atomic E-state index is 0. The Hall–Kier alpha value is -1.15. The first-order chi connectivity index (χ1) is 10.4. The molecule has 0 radical (unpaired) electrons. The summed E-state index contributed by atoms with van der Waals surface area (Å²) in [6.45, 7) is 4.50. The van der Waals surface area contributed by atoms with Crippen molar-refractivity contribution in [2.24, 2.45) is 5.73 Å². The highest BCUT2D eigenvalue weighted by Gasteiger charge is 2.30. The zero-order chi connectivity index (χ0) is 16.3. The molecule has 0 amide bonds. The van der Waals surface area contributed by atoms with Crippen LogP contribution in [0, 0.1) is 6.92 Å². The highest BCUT2D eigenvalue weighted by atomic mass is 35.5. The van der Waals surface area contributed by atoms with Gasteiger partial charge in [-0.1, -0.05) is 6.07 Å². The van der Waals surface area contributed by atoms with Gasteiger partial charge in [0.1, 0.15) is 0 Å². The van der Waals surface area contributed by atoms with E-state index in [1.165, 1.54) is 10.4 Å². The number of benzene rings is 1. The van der Waals surface area contributed by atoms with Crippen molar-refractivity contribution in [3.63, 3.8) is 0 Å². The van der Waals surface area contributed by atoms with Crippen LogP contribution in [0.4, 0.5) is 0 Å². The lowest BCUT2D eigenvalue weighted by molar-refractivity contribution is 0.0526. The molecule has 0 aliphatic carbocycles. The molecule has 1 saturated heterocycles. The summed E-state index contributed by atoms with van der Waals surface area (Å²) in [6.07, 6.45) is 1.30. The van der Waals surface area contributed by atoms with Gasteiger partial charge in [0.2, 0.25) is 10.0 Å². The summed E-state index contributed by atoms with van der Waals surface area (Å²) in [5, 5.41) is 0. The minimum Gasteiger partial charge on any atom is -0.462 e. The van der Waals surface area contributed by atoms with E-state index < -0.39 is 16.0 Å². The molecule has 130 valence electrons. The number of esters is 1. The molecular formula is C15H23ClN2O4S. The minimum atomic E-state index is -3.62. The number of carbonyl (C=O) groups excluding carboxylic acids is 1. The SMILES string of the molecule is CCOC(=O)c1ccc(C)c(S(=O)(=O)N2CCC(N)CC2)c1.Cl. The van der Waals surface area contributed by atoms with Crippen molar-refractivity contribution in [3.8, 4) is 0 Å². The van der Waals surface area contributed by atoms with Gasteiger partial charge >= 0.3 is 5.97 Å². The van der Waals surface area contributed by atoms with Gasteiger partial charge in [-0.25, -0.2) is 13.2 Å². The lowest BCUT2D eigenvalue weighted by Crippen LogP contribution is -2.42. The quantitative estimate of drug-likeness (QED) is 0.823. The van der Waals surface area contributed by atoms with Crippen molar-refractivity contribution < 1.29 is 17.9 Å². The van der Waals surface area contributed by atoms with Crippen LogP contribution in [0.5, 0.6) is 0 Å². The second-order valence-corrected chi connectivity index (χ2v) is 7.35. The van der Waals surface area contributed by atoms with E-state index in [1.807, 2.05) is 0 Å². The predicted molar refractivity (Wildman–Crippen MR) is 90.4 cm³/mol. The number of hydrogen-bond donors (Lipinski definition) is 1. The maximum Gasteiger partial charge on any atom is 0.338 e. The van der Waals surface area contributed by atoms with Gasteiger partial charge in [-0.3, -0.25) is 0 Å². The Labute approximate surface area is 143 Å². The first-order valence-electron chi connectivity index (χ1n) is 7.39. The topological polar surface area (TPSA) is 89.7 Å². The average molecular weight is 363 g/mol. The highest BCUT2D eigenvalue weighted by molar-refractivity contribution is 7.89. The van der Waals surface area contributed by atoms with E-state index in [2.05, 4.69) is 0 Å². The van der Waals surface area contributed by atoms with Gasteiger partial charge in [0.15, 0.2) is 0 Å². The number of nitrogens with zero attached hydrogens (tertiary/aromatic N) is 1. The molecule has 0 spiro atoms. The Morgan fingerprint density at radius 3 is 2.52 bits per heavy atom. The maximum atomic E-state index is 12.8. The monoisotopic (exact) mass is 362 g/mol. The van der Waals surface area contributed by atoms with E-state index in [1.54, 1.807) is 26.0 Å². The van der Waals surface area contributed by atoms with E-state index in [0.717, 1.165) is 0 Å². The van der Waals surface area contributed by atoms with Crippen LogP contribution in [0.3, 0.4) is 0 Å². The summed E-state index contributed by atoms with van der Waals surface area (Å²) in [6, 6.07) is 4.67. The van der Waals surface area contributed by atoms with Crippen LogP contribution >= 0.6 is 12.4 Å². The Bertz CT molecular complexity index is 655. The van der Waals surface area contributed by atoms with Crippen molar-refractivity contribution in [2.45, 2.75) is 37.6 Å². The molecule has 23 heavy (non-hydrogen) atoms. The molecule has 6 nitrogen and oxygen atoms in total. The molecule has 0 atom stereocenters. The molecule has 0 saturated carbocycles. The van der Waals surface area contributed by atoms with E-state index in [9.17, 15) is 13.2 Å². The first kappa shape index (κ1) is 19.9. The molecule has 1 aromatic carbocycles. The van der Waals surface area contributed by atoms with Crippen LogP contribution < -0.4 is 5.73 Å². The van der Waals surface area contributed by atoms with Crippen molar-refractivity contribution in [3.05, 3.63) is 29.3 Å². The van der Waals surface area contributed by atoms with Crippen LogP contribution in [-0.2, 0) is 14.8 Å². The average Bonchev–Trinajstić information content (AvgIpc) is 2.48. The van der Waals surface area contributed by atoms with Crippen molar-refractivity contribution >= 4 is 28.4 Å². The van der Waals surface area contributed by atoms with Gasteiger partial charge in [-0.05, 0) is 44.4 Å². The number of halogens is 1. The fourth-order valence-electron chi connectivity index (χ4n) is 2.47. The molecule has 1 aliphatic heterocycles. The summed E-state index contributed by atoms with van der Waals surface area (Å²) in [7, 11) is -3.62. The number of rotatable bonds is 4. The molecular weight excluding hydrogens is 340 g/mol. The summed E-state index contributed by atoms with van der Waals surface area (Å²) in [5.41, 5.74) is 6.69. The van der Waals surface area contributed by atoms with E-state index >= 15 is 0 Å². The largest absolute Gasteiger partial charge is 0.462 e. The molecule has 1 fully saturated rings. The lowest BCUT2D eigenvalue weighted by Gasteiger charge is -2.29. The molecule has 8 heteroatoms. The molecule has 0 unspecified atom stereocenters. The normalized spacial score (nSPS) is 16.7. The molecule has 2 rings (SSSR count). The van der Waals surface area contributed by atoms with Crippen LogP contribution in [0.2, 0.25) is 0 Å². The number of aryl methyl sites for hydroxylation is 1. The molecule has 0 bridgehead atoms. The Morgan fingerprint density at radius 2 is 1.96 bits per heavy atom.